The van der Waals surface area contributed by atoms with Crippen molar-refractivity contribution < 1.29 is 0 Å². The molecule has 0 amide bonds. The summed E-state index contributed by atoms with van der Waals surface area (Å²) in [6, 6.07) is 0. The summed E-state index contributed by atoms with van der Waals surface area (Å²) in [4.78, 5) is 0. The van der Waals surface area contributed by atoms with E-state index in [1.54, 1.807) is 6.42 Å². The van der Waals surface area contributed by atoms with E-state index in [0.717, 1.165) is 23.7 Å². The smallest absolute Gasteiger partial charge is 0.0383 e. The molecule has 0 aromatic heterocycles. The molecule has 0 aromatic rings. The molecule has 2 rings (SSSR count). The van der Waals surface area contributed by atoms with Gasteiger partial charge in [-0.1, -0.05) is 26.7 Å². The molecule has 0 bridgehead atoms. The number of rotatable bonds is 2. The van der Waals surface area contributed by atoms with Gasteiger partial charge in [0.25, 0.3) is 0 Å². The van der Waals surface area contributed by atoms with Crippen LogP contribution in [0.3, 0.4) is 0 Å². The van der Waals surface area contributed by atoms with E-state index in [1.807, 2.05) is 0 Å². The Balaban J connectivity index is 1.71. The van der Waals surface area contributed by atoms with Crippen molar-refractivity contribution in [2.75, 3.05) is 0 Å². The molecule has 64 valence electrons. The Bertz CT molecular complexity index is 139. The Morgan fingerprint density at radius 3 is 2.27 bits per heavy atom. The molecule has 2 saturated carbocycles. The SMILES string of the molecule is CC1CCC(CC2CC2C)C1. The van der Waals surface area contributed by atoms with Crippen LogP contribution in [0.5, 0.6) is 0 Å². The molecule has 4 atom stereocenters. The van der Waals surface area contributed by atoms with Crippen LogP contribution in [0.2, 0.25) is 0 Å². The Labute approximate surface area is 70.4 Å². The first-order valence-electron chi connectivity index (χ1n) is 5.25. The van der Waals surface area contributed by atoms with Gasteiger partial charge in [-0.25, -0.2) is 0 Å². The first-order chi connectivity index (χ1) is 5.25. The molecule has 2 aliphatic rings. The predicted molar refractivity (Wildman–Crippen MR) is 48.4 cm³/mol. The quantitative estimate of drug-likeness (QED) is 0.568. The molecule has 11 heavy (non-hydrogen) atoms. The van der Waals surface area contributed by atoms with Crippen LogP contribution in [-0.2, 0) is 0 Å². The molecule has 4 unspecified atom stereocenters. The fourth-order valence-corrected chi connectivity index (χ4v) is 2.69. The summed E-state index contributed by atoms with van der Waals surface area (Å²) in [6.07, 6.45) is 7.66. The van der Waals surface area contributed by atoms with Crippen molar-refractivity contribution in [3.63, 3.8) is 0 Å². The standard InChI is InChI=1S/C11H20/c1-8-3-4-10(5-8)7-11-6-9(11)2/h8-11H,3-7H2,1-2H3. The highest BCUT2D eigenvalue weighted by molar-refractivity contribution is 4.86. The predicted octanol–water partition coefficient (Wildman–Crippen LogP) is 3.47. The maximum atomic E-state index is 2.41. The zero-order valence-corrected chi connectivity index (χ0v) is 7.84. The second-order valence-electron chi connectivity index (χ2n) is 4.99. The topological polar surface area (TPSA) is 0 Å². The van der Waals surface area contributed by atoms with Crippen LogP contribution in [0.4, 0.5) is 0 Å². The third-order valence-corrected chi connectivity index (χ3v) is 3.72. The lowest BCUT2D eigenvalue weighted by atomic mass is 9.99. The zero-order valence-electron chi connectivity index (χ0n) is 7.84. The van der Waals surface area contributed by atoms with Gasteiger partial charge in [-0.05, 0) is 42.9 Å². The number of hydrogen-bond donors (Lipinski definition) is 0. The van der Waals surface area contributed by atoms with E-state index in [1.165, 1.54) is 25.7 Å². The second-order valence-corrected chi connectivity index (χ2v) is 4.99. The van der Waals surface area contributed by atoms with Gasteiger partial charge in [0.05, 0.1) is 0 Å². The largest absolute Gasteiger partial charge is 0.0625 e. The second kappa shape index (κ2) is 2.80. The van der Waals surface area contributed by atoms with E-state index >= 15 is 0 Å². The Kier molecular flexibility index (Phi) is 1.95. The van der Waals surface area contributed by atoms with Gasteiger partial charge in [0.1, 0.15) is 0 Å². The molecule has 0 N–H and O–H groups in total. The van der Waals surface area contributed by atoms with Crippen LogP contribution in [-0.4, -0.2) is 0 Å². The van der Waals surface area contributed by atoms with Gasteiger partial charge in [-0.15, -0.1) is 0 Å². The molecule has 2 aliphatic carbocycles. The first-order valence-corrected chi connectivity index (χ1v) is 5.25. The molecule has 0 spiro atoms. The molecule has 0 radical (unpaired) electrons. The summed E-state index contributed by atoms with van der Waals surface area (Å²) in [5.41, 5.74) is 0. The van der Waals surface area contributed by atoms with Crippen molar-refractivity contribution in [1.82, 2.24) is 0 Å². The van der Waals surface area contributed by atoms with Gasteiger partial charge in [-0.2, -0.15) is 0 Å². The molecule has 0 nitrogen and oxygen atoms in total. The molecule has 0 heterocycles. The van der Waals surface area contributed by atoms with Crippen LogP contribution in [0, 0.1) is 23.7 Å². The average molecular weight is 152 g/mol. The Morgan fingerprint density at radius 1 is 1.09 bits per heavy atom. The lowest BCUT2D eigenvalue weighted by molar-refractivity contribution is 0.442. The van der Waals surface area contributed by atoms with E-state index in [-0.39, 0.29) is 0 Å². The monoisotopic (exact) mass is 152 g/mol. The average Bonchev–Trinajstić information content (AvgIpc) is 2.42. The van der Waals surface area contributed by atoms with Crippen LogP contribution in [0.15, 0.2) is 0 Å². The maximum Gasteiger partial charge on any atom is -0.0383 e. The van der Waals surface area contributed by atoms with Crippen molar-refractivity contribution in [3.05, 3.63) is 0 Å². The summed E-state index contributed by atoms with van der Waals surface area (Å²) in [6.45, 7) is 4.82. The van der Waals surface area contributed by atoms with Crippen LogP contribution >= 0.6 is 0 Å². The summed E-state index contributed by atoms with van der Waals surface area (Å²) in [5, 5.41) is 0. The minimum absolute atomic E-state index is 1.04. The normalized spacial score (nSPS) is 49.6. The Morgan fingerprint density at radius 2 is 1.82 bits per heavy atom. The molecule has 2 fully saturated rings. The highest BCUT2D eigenvalue weighted by Crippen LogP contribution is 2.46. The van der Waals surface area contributed by atoms with Gasteiger partial charge in [0.2, 0.25) is 0 Å². The van der Waals surface area contributed by atoms with Crippen molar-refractivity contribution in [3.8, 4) is 0 Å². The molecule has 0 aliphatic heterocycles. The van der Waals surface area contributed by atoms with Gasteiger partial charge in [0.15, 0.2) is 0 Å². The molecule has 0 heteroatoms. The van der Waals surface area contributed by atoms with Crippen LogP contribution in [0.25, 0.3) is 0 Å². The van der Waals surface area contributed by atoms with Gasteiger partial charge >= 0.3 is 0 Å². The fourth-order valence-electron chi connectivity index (χ4n) is 2.69. The van der Waals surface area contributed by atoms with Gasteiger partial charge in [-0.3, -0.25) is 0 Å². The molecular formula is C11H20. The van der Waals surface area contributed by atoms with E-state index in [0.29, 0.717) is 0 Å². The van der Waals surface area contributed by atoms with Gasteiger partial charge in [0, 0.05) is 0 Å². The first kappa shape index (κ1) is 7.64. The van der Waals surface area contributed by atoms with E-state index in [9.17, 15) is 0 Å². The molecule has 0 saturated heterocycles. The molecular weight excluding hydrogens is 132 g/mol. The fraction of sp³-hybridized carbons (Fsp3) is 1.00. The van der Waals surface area contributed by atoms with E-state index < -0.39 is 0 Å². The maximum absolute atomic E-state index is 2.41. The van der Waals surface area contributed by atoms with Crippen LogP contribution in [0.1, 0.15) is 46.0 Å². The van der Waals surface area contributed by atoms with E-state index in [2.05, 4.69) is 13.8 Å². The summed E-state index contributed by atoms with van der Waals surface area (Å²) in [7, 11) is 0. The number of hydrogen-bond acceptors (Lipinski definition) is 0. The highest BCUT2D eigenvalue weighted by atomic mass is 14.4. The third-order valence-electron chi connectivity index (χ3n) is 3.72. The van der Waals surface area contributed by atoms with Crippen molar-refractivity contribution in [1.29, 1.82) is 0 Å². The minimum Gasteiger partial charge on any atom is -0.0625 e. The Hall–Kier alpha value is 0. The van der Waals surface area contributed by atoms with Crippen LogP contribution < -0.4 is 0 Å². The third kappa shape index (κ3) is 1.77. The highest BCUT2D eigenvalue weighted by Gasteiger charge is 2.35. The lowest BCUT2D eigenvalue weighted by Gasteiger charge is -2.07. The van der Waals surface area contributed by atoms with Crippen molar-refractivity contribution >= 4 is 0 Å². The lowest BCUT2D eigenvalue weighted by Crippen LogP contribution is -1.96. The van der Waals surface area contributed by atoms with Gasteiger partial charge < -0.3 is 0 Å². The van der Waals surface area contributed by atoms with Crippen molar-refractivity contribution in [2.45, 2.75) is 46.0 Å². The zero-order chi connectivity index (χ0) is 7.84. The van der Waals surface area contributed by atoms with E-state index in [4.69, 9.17) is 0 Å². The summed E-state index contributed by atoms with van der Waals surface area (Å²) in [5.74, 6) is 4.35. The minimum atomic E-state index is 1.04. The summed E-state index contributed by atoms with van der Waals surface area (Å²) < 4.78 is 0. The molecule has 0 aromatic carbocycles. The van der Waals surface area contributed by atoms with Crippen molar-refractivity contribution in [2.24, 2.45) is 23.7 Å². The summed E-state index contributed by atoms with van der Waals surface area (Å²) >= 11 is 0.